The standard InChI is InChI=1S/C35H43FO5/c1-4-6-7-8-9-10-11-12-23-39-30-19-17-28(18-20-30)27-13-15-29(16-14-27)34(37)41-31-21-22-32(33(36)24-31)35(38)40-25-26(3)5-2/h13-22,24,26H,4-12,23,25H2,1-3H3. The third-order valence-corrected chi connectivity index (χ3v) is 7.14. The average molecular weight is 563 g/mol. The number of halogens is 1. The third-order valence-electron chi connectivity index (χ3n) is 7.14. The van der Waals surface area contributed by atoms with E-state index in [0.29, 0.717) is 5.56 Å². The maximum Gasteiger partial charge on any atom is 0.343 e. The van der Waals surface area contributed by atoms with Crippen LogP contribution in [-0.2, 0) is 4.74 Å². The Morgan fingerprint density at radius 2 is 1.32 bits per heavy atom. The van der Waals surface area contributed by atoms with Gasteiger partial charge >= 0.3 is 11.9 Å². The number of carbonyl (C=O) groups excluding carboxylic acids is 2. The van der Waals surface area contributed by atoms with Gasteiger partial charge in [0.05, 0.1) is 24.3 Å². The Balaban J connectivity index is 1.46. The van der Waals surface area contributed by atoms with Crippen LogP contribution in [0.1, 0.15) is 99.3 Å². The Morgan fingerprint density at radius 1 is 0.732 bits per heavy atom. The van der Waals surface area contributed by atoms with Crippen molar-refractivity contribution in [2.75, 3.05) is 13.2 Å². The number of benzene rings is 3. The predicted molar refractivity (Wildman–Crippen MR) is 161 cm³/mol. The first-order valence-electron chi connectivity index (χ1n) is 14.9. The number of esters is 2. The Labute approximate surface area is 244 Å². The Hall–Kier alpha value is -3.67. The lowest BCUT2D eigenvalue weighted by atomic mass is 10.0. The zero-order valence-corrected chi connectivity index (χ0v) is 24.6. The maximum absolute atomic E-state index is 14.5. The first kappa shape index (κ1) is 31.9. The van der Waals surface area contributed by atoms with Gasteiger partial charge in [0.1, 0.15) is 17.3 Å². The monoisotopic (exact) mass is 562 g/mol. The van der Waals surface area contributed by atoms with E-state index in [9.17, 15) is 14.0 Å². The van der Waals surface area contributed by atoms with Crippen molar-refractivity contribution in [3.05, 3.63) is 83.7 Å². The molecule has 1 unspecified atom stereocenters. The summed E-state index contributed by atoms with van der Waals surface area (Å²) >= 11 is 0. The minimum absolute atomic E-state index is 0.0117. The van der Waals surface area contributed by atoms with Crippen LogP contribution in [0.15, 0.2) is 66.7 Å². The van der Waals surface area contributed by atoms with E-state index in [1.807, 2.05) is 50.2 Å². The largest absolute Gasteiger partial charge is 0.494 e. The molecule has 0 fully saturated rings. The molecule has 3 rings (SSSR count). The van der Waals surface area contributed by atoms with Crippen LogP contribution in [0.2, 0.25) is 0 Å². The van der Waals surface area contributed by atoms with Crippen LogP contribution in [0, 0.1) is 11.7 Å². The molecule has 6 heteroatoms. The molecule has 0 amide bonds. The Bertz CT molecular complexity index is 1220. The topological polar surface area (TPSA) is 61.8 Å². The molecule has 41 heavy (non-hydrogen) atoms. The van der Waals surface area contributed by atoms with Gasteiger partial charge in [-0.05, 0) is 59.9 Å². The summed E-state index contributed by atoms with van der Waals surface area (Å²) in [5.41, 5.74) is 2.09. The lowest BCUT2D eigenvalue weighted by Gasteiger charge is -2.11. The summed E-state index contributed by atoms with van der Waals surface area (Å²) in [7, 11) is 0. The van der Waals surface area contributed by atoms with Gasteiger partial charge in [0.25, 0.3) is 0 Å². The number of unbranched alkanes of at least 4 members (excludes halogenated alkanes) is 7. The van der Waals surface area contributed by atoms with Crippen molar-refractivity contribution in [3.8, 4) is 22.6 Å². The number of hydrogen-bond donors (Lipinski definition) is 0. The molecular formula is C35H43FO5. The zero-order chi connectivity index (χ0) is 29.5. The van der Waals surface area contributed by atoms with Crippen molar-refractivity contribution in [2.24, 2.45) is 5.92 Å². The molecule has 0 aromatic heterocycles. The highest BCUT2D eigenvalue weighted by molar-refractivity contribution is 5.92. The van der Waals surface area contributed by atoms with Gasteiger partial charge in [0.2, 0.25) is 0 Å². The molecule has 5 nitrogen and oxygen atoms in total. The van der Waals surface area contributed by atoms with Crippen molar-refractivity contribution < 1.29 is 28.2 Å². The maximum atomic E-state index is 14.5. The van der Waals surface area contributed by atoms with Gasteiger partial charge < -0.3 is 14.2 Å². The van der Waals surface area contributed by atoms with E-state index in [1.54, 1.807) is 12.1 Å². The van der Waals surface area contributed by atoms with Crippen molar-refractivity contribution in [3.63, 3.8) is 0 Å². The molecule has 220 valence electrons. The first-order chi connectivity index (χ1) is 19.9. The van der Waals surface area contributed by atoms with E-state index in [4.69, 9.17) is 14.2 Å². The predicted octanol–water partition coefficient (Wildman–Crippen LogP) is 9.43. The zero-order valence-electron chi connectivity index (χ0n) is 24.6. The van der Waals surface area contributed by atoms with Gasteiger partial charge in [0, 0.05) is 6.07 Å². The molecule has 0 aliphatic carbocycles. The van der Waals surface area contributed by atoms with Gasteiger partial charge in [-0.3, -0.25) is 0 Å². The van der Waals surface area contributed by atoms with E-state index < -0.39 is 17.8 Å². The van der Waals surface area contributed by atoms with Crippen molar-refractivity contribution >= 4 is 11.9 Å². The second kappa shape index (κ2) is 17.2. The molecule has 0 saturated carbocycles. The van der Waals surface area contributed by atoms with Crippen LogP contribution in [0.4, 0.5) is 4.39 Å². The molecule has 3 aromatic rings. The second-order valence-corrected chi connectivity index (χ2v) is 10.6. The fourth-order valence-electron chi connectivity index (χ4n) is 4.27. The summed E-state index contributed by atoms with van der Waals surface area (Å²) in [4.78, 5) is 24.8. The first-order valence-corrected chi connectivity index (χ1v) is 14.9. The smallest absolute Gasteiger partial charge is 0.343 e. The molecular weight excluding hydrogens is 519 g/mol. The van der Waals surface area contributed by atoms with E-state index in [-0.39, 0.29) is 23.8 Å². The molecule has 0 aliphatic rings. The fraction of sp³-hybridized carbons (Fsp3) is 0.429. The molecule has 0 heterocycles. The van der Waals surface area contributed by atoms with Crippen LogP contribution >= 0.6 is 0 Å². The normalized spacial score (nSPS) is 11.6. The van der Waals surface area contributed by atoms with Gasteiger partial charge in [-0.15, -0.1) is 0 Å². The molecule has 0 radical (unpaired) electrons. The third kappa shape index (κ3) is 10.7. The van der Waals surface area contributed by atoms with Gasteiger partial charge in [0.15, 0.2) is 0 Å². The highest BCUT2D eigenvalue weighted by Crippen LogP contribution is 2.24. The molecule has 0 bridgehead atoms. The molecule has 0 N–H and O–H groups in total. The van der Waals surface area contributed by atoms with Gasteiger partial charge in [-0.25, -0.2) is 14.0 Å². The van der Waals surface area contributed by atoms with Crippen LogP contribution in [-0.4, -0.2) is 25.2 Å². The quantitative estimate of drug-likeness (QED) is 0.0931. The minimum Gasteiger partial charge on any atom is -0.494 e. The van der Waals surface area contributed by atoms with E-state index in [0.717, 1.165) is 42.4 Å². The molecule has 0 saturated heterocycles. The second-order valence-electron chi connectivity index (χ2n) is 10.6. The highest BCUT2D eigenvalue weighted by atomic mass is 19.1. The summed E-state index contributed by atoms with van der Waals surface area (Å²) in [6, 6.07) is 18.6. The Morgan fingerprint density at radius 3 is 1.93 bits per heavy atom. The van der Waals surface area contributed by atoms with Gasteiger partial charge in [-0.2, -0.15) is 0 Å². The summed E-state index contributed by atoms with van der Waals surface area (Å²) in [6.07, 6.45) is 11.0. The van der Waals surface area contributed by atoms with Crippen LogP contribution in [0.5, 0.6) is 11.5 Å². The number of rotatable bonds is 17. The van der Waals surface area contributed by atoms with E-state index in [2.05, 4.69) is 6.92 Å². The van der Waals surface area contributed by atoms with Crippen LogP contribution < -0.4 is 9.47 Å². The van der Waals surface area contributed by atoms with Crippen molar-refractivity contribution in [1.82, 2.24) is 0 Å². The summed E-state index contributed by atoms with van der Waals surface area (Å²) < 4.78 is 30.9. The molecule has 0 spiro atoms. The molecule has 1 atom stereocenters. The van der Waals surface area contributed by atoms with Crippen molar-refractivity contribution in [1.29, 1.82) is 0 Å². The number of hydrogen-bond acceptors (Lipinski definition) is 5. The number of ether oxygens (including phenoxy) is 3. The van der Waals surface area contributed by atoms with Gasteiger partial charge in [-0.1, -0.05) is 96.4 Å². The SMILES string of the molecule is CCCCCCCCCCOc1ccc(-c2ccc(C(=O)Oc3ccc(C(=O)OCC(C)CC)c(F)c3)cc2)cc1. The van der Waals surface area contributed by atoms with Crippen molar-refractivity contribution in [2.45, 2.75) is 78.6 Å². The molecule has 3 aromatic carbocycles. The fourth-order valence-corrected chi connectivity index (χ4v) is 4.27. The van der Waals surface area contributed by atoms with E-state index >= 15 is 0 Å². The van der Waals surface area contributed by atoms with Crippen LogP contribution in [0.3, 0.4) is 0 Å². The molecule has 0 aliphatic heterocycles. The number of carbonyl (C=O) groups is 2. The highest BCUT2D eigenvalue weighted by Gasteiger charge is 2.17. The summed E-state index contributed by atoms with van der Waals surface area (Å²) in [6.45, 7) is 7.12. The summed E-state index contributed by atoms with van der Waals surface area (Å²) in [5.74, 6) is -1.11. The Kier molecular flexibility index (Phi) is 13.4. The lowest BCUT2D eigenvalue weighted by Crippen LogP contribution is -2.13. The lowest BCUT2D eigenvalue weighted by molar-refractivity contribution is 0.0441. The average Bonchev–Trinajstić information content (AvgIpc) is 2.99. The summed E-state index contributed by atoms with van der Waals surface area (Å²) in [5, 5.41) is 0. The minimum atomic E-state index is -0.801. The van der Waals surface area contributed by atoms with Crippen LogP contribution in [0.25, 0.3) is 11.1 Å². The van der Waals surface area contributed by atoms with E-state index in [1.165, 1.54) is 57.1 Å².